The highest BCUT2D eigenvalue weighted by Crippen LogP contribution is 2.24. The molecule has 0 unspecified atom stereocenters. The van der Waals surface area contributed by atoms with Gasteiger partial charge in [-0.05, 0) is 28.9 Å². The fraction of sp³-hybridized carbons (Fsp3) is 0.417. The van der Waals surface area contributed by atoms with Crippen LogP contribution in [0.1, 0.15) is 6.92 Å². The third-order valence-corrected chi connectivity index (χ3v) is 3.31. The molecule has 6 nitrogen and oxygen atoms in total. The summed E-state index contributed by atoms with van der Waals surface area (Å²) in [6.45, 7) is 2.67. The molecular weight excluding hydrogens is 310 g/mol. The number of anilines is 2. The second kappa shape index (κ2) is 6.12. The van der Waals surface area contributed by atoms with E-state index in [0.717, 1.165) is 15.7 Å². The highest BCUT2D eigenvalue weighted by Gasteiger charge is 2.08. The molecule has 2 heterocycles. The molecule has 0 amide bonds. The molecule has 0 aromatic carbocycles. The van der Waals surface area contributed by atoms with Gasteiger partial charge in [0.1, 0.15) is 5.82 Å². The summed E-state index contributed by atoms with van der Waals surface area (Å²) in [5.41, 5.74) is 0.648. The number of pyridine rings is 1. The number of hydrogen-bond donors (Lipinski definition) is 2. The molecule has 0 aliphatic heterocycles. The first-order valence-electron chi connectivity index (χ1n) is 5.91. The van der Waals surface area contributed by atoms with E-state index >= 15 is 0 Å². The Morgan fingerprint density at radius 2 is 2.21 bits per heavy atom. The molecule has 7 heteroatoms. The molecule has 2 aromatic heterocycles. The molecule has 1 atom stereocenters. The van der Waals surface area contributed by atoms with Crippen LogP contribution in [0.15, 0.2) is 16.7 Å². The zero-order valence-corrected chi connectivity index (χ0v) is 12.7. The quantitative estimate of drug-likeness (QED) is 0.878. The maximum Gasteiger partial charge on any atom is 0.224 e. The molecule has 0 radical (unpaired) electrons. The summed E-state index contributed by atoms with van der Waals surface area (Å²) >= 11 is 3.49. The number of fused-ring (bicyclic) bond motifs is 1. The number of ether oxygens (including phenoxy) is 1. The van der Waals surface area contributed by atoms with E-state index in [4.69, 9.17) is 4.74 Å². The van der Waals surface area contributed by atoms with E-state index in [0.29, 0.717) is 18.1 Å². The van der Waals surface area contributed by atoms with Crippen LogP contribution in [0.4, 0.5) is 11.8 Å². The monoisotopic (exact) mass is 325 g/mol. The Labute approximate surface area is 120 Å². The van der Waals surface area contributed by atoms with Crippen LogP contribution in [-0.2, 0) is 4.74 Å². The van der Waals surface area contributed by atoms with Crippen molar-refractivity contribution in [2.45, 2.75) is 13.0 Å². The normalized spacial score (nSPS) is 12.4. The van der Waals surface area contributed by atoms with Gasteiger partial charge in [-0.2, -0.15) is 4.98 Å². The van der Waals surface area contributed by atoms with Gasteiger partial charge in [0.15, 0.2) is 5.65 Å². The molecular formula is C12H16BrN5O. The zero-order valence-electron chi connectivity index (χ0n) is 11.1. The van der Waals surface area contributed by atoms with E-state index in [1.54, 1.807) is 20.4 Å². The van der Waals surface area contributed by atoms with Gasteiger partial charge in [0, 0.05) is 32.3 Å². The number of hydrogen-bond acceptors (Lipinski definition) is 6. The van der Waals surface area contributed by atoms with Crippen LogP contribution >= 0.6 is 15.9 Å². The molecule has 19 heavy (non-hydrogen) atoms. The number of halogens is 1. The highest BCUT2D eigenvalue weighted by atomic mass is 79.9. The first kappa shape index (κ1) is 14.0. The first-order valence-corrected chi connectivity index (χ1v) is 6.71. The molecule has 2 rings (SSSR count). The van der Waals surface area contributed by atoms with Crippen molar-refractivity contribution in [3.63, 3.8) is 0 Å². The van der Waals surface area contributed by atoms with Crippen molar-refractivity contribution in [2.75, 3.05) is 31.3 Å². The lowest BCUT2D eigenvalue weighted by atomic mass is 10.3. The molecule has 0 bridgehead atoms. The summed E-state index contributed by atoms with van der Waals surface area (Å²) in [6, 6.07) is 1.95. The van der Waals surface area contributed by atoms with Gasteiger partial charge < -0.3 is 15.4 Å². The molecule has 0 aliphatic rings. The van der Waals surface area contributed by atoms with Crippen LogP contribution in [0.2, 0.25) is 0 Å². The molecule has 0 saturated carbocycles. The third kappa shape index (κ3) is 3.30. The van der Waals surface area contributed by atoms with Crippen molar-refractivity contribution < 1.29 is 4.74 Å². The summed E-state index contributed by atoms with van der Waals surface area (Å²) in [4.78, 5) is 13.0. The van der Waals surface area contributed by atoms with Gasteiger partial charge >= 0.3 is 0 Å². The molecule has 0 spiro atoms. The van der Waals surface area contributed by atoms with Crippen LogP contribution in [0.5, 0.6) is 0 Å². The van der Waals surface area contributed by atoms with Crippen molar-refractivity contribution in [2.24, 2.45) is 0 Å². The average Bonchev–Trinajstić information content (AvgIpc) is 2.44. The lowest BCUT2D eigenvalue weighted by Gasteiger charge is -2.13. The number of rotatable bonds is 5. The van der Waals surface area contributed by atoms with Crippen molar-refractivity contribution in [3.8, 4) is 0 Å². The second-order valence-electron chi connectivity index (χ2n) is 4.10. The number of nitrogens with one attached hydrogen (secondary N) is 2. The van der Waals surface area contributed by atoms with Gasteiger partial charge in [0.25, 0.3) is 0 Å². The fourth-order valence-electron chi connectivity index (χ4n) is 1.51. The van der Waals surface area contributed by atoms with Crippen LogP contribution in [-0.4, -0.2) is 41.8 Å². The van der Waals surface area contributed by atoms with E-state index < -0.39 is 0 Å². The summed E-state index contributed by atoms with van der Waals surface area (Å²) < 4.78 is 6.07. The summed E-state index contributed by atoms with van der Waals surface area (Å²) in [5.74, 6) is 1.30. The van der Waals surface area contributed by atoms with Gasteiger partial charge in [-0.25, -0.2) is 9.97 Å². The Balaban J connectivity index is 2.30. The van der Waals surface area contributed by atoms with Gasteiger partial charge in [0.2, 0.25) is 5.95 Å². The van der Waals surface area contributed by atoms with Crippen molar-refractivity contribution >= 4 is 38.7 Å². The predicted molar refractivity (Wildman–Crippen MR) is 79.5 cm³/mol. The minimum Gasteiger partial charge on any atom is -0.380 e. The summed E-state index contributed by atoms with van der Waals surface area (Å²) in [7, 11) is 3.46. The van der Waals surface area contributed by atoms with Crippen molar-refractivity contribution in [1.82, 2.24) is 15.0 Å². The standard InChI is InChI=1S/C12H16BrN5O/c1-7(19-3)5-15-11-9(13)4-8-6-16-12(14-2)18-10(8)17-11/h4,6-7H,5H2,1-3H3,(H2,14,15,16,17,18)/t7-/m0/s1. The molecule has 0 aliphatic carbocycles. The second-order valence-corrected chi connectivity index (χ2v) is 4.96. The number of methoxy groups -OCH3 is 1. The van der Waals surface area contributed by atoms with E-state index in [1.165, 1.54) is 0 Å². The molecule has 2 aromatic rings. The SMILES string of the molecule is CNc1ncc2cc(Br)c(NC[C@H](C)OC)nc2n1. The summed E-state index contributed by atoms with van der Waals surface area (Å²) in [5, 5.41) is 7.01. The smallest absolute Gasteiger partial charge is 0.224 e. The van der Waals surface area contributed by atoms with E-state index in [9.17, 15) is 0 Å². The van der Waals surface area contributed by atoms with Gasteiger partial charge in [-0.1, -0.05) is 0 Å². The largest absolute Gasteiger partial charge is 0.380 e. The minimum absolute atomic E-state index is 0.114. The van der Waals surface area contributed by atoms with Gasteiger partial charge in [-0.15, -0.1) is 0 Å². The van der Waals surface area contributed by atoms with E-state index in [-0.39, 0.29) is 6.10 Å². The lowest BCUT2D eigenvalue weighted by molar-refractivity contribution is 0.128. The van der Waals surface area contributed by atoms with Crippen LogP contribution in [0.25, 0.3) is 11.0 Å². The predicted octanol–water partition coefficient (Wildman–Crippen LogP) is 2.28. The Kier molecular flexibility index (Phi) is 4.49. The van der Waals surface area contributed by atoms with E-state index in [2.05, 4.69) is 41.5 Å². The maximum absolute atomic E-state index is 5.19. The minimum atomic E-state index is 0.114. The Bertz CT molecular complexity index is 577. The van der Waals surface area contributed by atoms with E-state index in [1.807, 2.05) is 13.0 Å². The Morgan fingerprint density at radius 3 is 2.89 bits per heavy atom. The summed E-state index contributed by atoms with van der Waals surface area (Å²) in [6.07, 6.45) is 1.86. The molecule has 102 valence electrons. The van der Waals surface area contributed by atoms with Crippen molar-refractivity contribution in [1.29, 1.82) is 0 Å². The Hall–Kier alpha value is -1.47. The van der Waals surface area contributed by atoms with Crippen molar-refractivity contribution in [3.05, 3.63) is 16.7 Å². The molecule has 0 saturated heterocycles. The lowest BCUT2D eigenvalue weighted by Crippen LogP contribution is -2.19. The molecule has 0 fully saturated rings. The topological polar surface area (TPSA) is 72.0 Å². The van der Waals surface area contributed by atoms with Crippen LogP contribution in [0.3, 0.4) is 0 Å². The Morgan fingerprint density at radius 1 is 1.42 bits per heavy atom. The number of nitrogens with zero attached hydrogens (tertiary/aromatic N) is 3. The maximum atomic E-state index is 5.19. The zero-order chi connectivity index (χ0) is 13.8. The van der Waals surface area contributed by atoms with Crippen LogP contribution < -0.4 is 10.6 Å². The van der Waals surface area contributed by atoms with Crippen LogP contribution in [0, 0.1) is 0 Å². The van der Waals surface area contributed by atoms with Gasteiger partial charge in [-0.3, -0.25) is 0 Å². The van der Waals surface area contributed by atoms with Gasteiger partial charge in [0.05, 0.1) is 10.6 Å². The number of aromatic nitrogens is 3. The third-order valence-electron chi connectivity index (χ3n) is 2.71. The average molecular weight is 326 g/mol. The fourth-order valence-corrected chi connectivity index (χ4v) is 1.98. The highest BCUT2D eigenvalue weighted by molar-refractivity contribution is 9.10. The first-order chi connectivity index (χ1) is 9.13. The molecule has 2 N–H and O–H groups in total.